The van der Waals surface area contributed by atoms with Crippen LogP contribution in [-0.2, 0) is 6.42 Å². The summed E-state index contributed by atoms with van der Waals surface area (Å²) in [6, 6.07) is 6.25. The number of hydrogen-bond donors (Lipinski definition) is 2. The zero-order valence-electron chi connectivity index (χ0n) is 10.6. The van der Waals surface area contributed by atoms with Gasteiger partial charge in [0, 0.05) is 6.42 Å². The van der Waals surface area contributed by atoms with Crippen LogP contribution in [0.1, 0.15) is 21.9 Å². The minimum atomic E-state index is -1.21. The maximum Gasteiger partial charge on any atom is 0.356 e. The first kappa shape index (κ1) is 13.0. The zero-order valence-corrected chi connectivity index (χ0v) is 10.6. The molecule has 106 valence electrons. The number of hydrogen-bond acceptors (Lipinski definition) is 5. The van der Waals surface area contributed by atoms with Gasteiger partial charge in [-0.15, -0.1) is 0 Å². The van der Waals surface area contributed by atoms with Crippen LogP contribution in [0.25, 0.3) is 11.6 Å². The number of carboxylic acids is 1. The number of benzene rings is 1. The van der Waals surface area contributed by atoms with Gasteiger partial charge in [-0.3, -0.25) is 0 Å². The first-order valence-corrected chi connectivity index (χ1v) is 5.98. The number of H-pyrrole nitrogens is 1. The van der Waals surface area contributed by atoms with Crippen molar-refractivity contribution in [1.29, 1.82) is 0 Å². The fraction of sp³-hybridized carbons (Fsp3) is 0.0769. The summed E-state index contributed by atoms with van der Waals surface area (Å²) in [6.07, 6.45) is 1.37. The van der Waals surface area contributed by atoms with Gasteiger partial charge in [-0.05, 0) is 11.6 Å². The van der Waals surface area contributed by atoms with Crippen molar-refractivity contribution in [3.63, 3.8) is 0 Å². The van der Waals surface area contributed by atoms with Crippen molar-refractivity contribution in [3.8, 4) is 11.6 Å². The number of carbonyl (C=O) groups is 1. The monoisotopic (exact) mass is 288 g/mol. The van der Waals surface area contributed by atoms with Gasteiger partial charge >= 0.3 is 5.97 Å². The second-order valence-electron chi connectivity index (χ2n) is 4.22. The van der Waals surface area contributed by atoms with Crippen molar-refractivity contribution >= 4 is 5.97 Å². The van der Waals surface area contributed by atoms with Crippen LogP contribution in [0.5, 0.6) is 0 Å². The fourth-order valence-corrected chi connectivity index (χ4v) is 1.86. The quantitative estimate of drug-likeness (QED) is 0.759. The van der Waals surface area contributed by atoms with Crippen LogP contribution in [0.2, 0.25) is 0 Å². The fourth-order valence-electron chi connectivity index (χ4n) is 1.86. The topological polar surface area (TPSA) is 105 Å². The van der Waals surface area contributed by atoms with E-state index in [-0.39, 0.29) is 35.3 Å². The predicted molar refractivity (Wildman–Crippen MR) is 68.0 cm³/mol. The molecule has 0 saturated carbocycles. The van der Waals surface area contributed by atoms with Gasteiger partial charge in [-0.1, -0.05) is 23.4 Å². The lowest BCUT2D eigenvalue weighted by Gasteiger charge is -1.97. The highest BCUT2D eigenvalue weighted by molar-refractivity contribution is 5.91. The number of carboxylic acid groups (broad SMARTS) is 1. The van der Waals surface area contributed by atoms with Crippen molar-refractivity contribution in [2.24, 2.45) is 0 Å². The summed E-state index contributed by atoms with van der Waals surface area (Å²) < 4.78 is 18.5. The minimum absolute atomic E-state index is 0.00348. The molecular formula is C13H9FN4O3. The van der Waals surface area contributed by atoms with E-state index in [1.807, 2.05) is 0 Å². The lowest BCUT2D eigenvalue weighted by atomic mass is 10.1. The highest BCUT2D eigenvalue weighted by Crippen LogP contribution is 2.19. The Labute approximate surface area is 117 Å². The van der Waals surface area contributed by atoms with Crippen LogP contribution in [0.4, 0.5) is 4.39 Å². The first-order chi connectivity index (χ1) is 10.1. The van der Waals surface area contributed by atoms with Gasteiger partial charge in [0.1, 0.15) is 11.5 Å². The number of aromatic amines is 1. The largest absolute Gasteiger partial charge is 0.476 e. The molecule has 3 aromatic rings. The molecule has 0 fully saturated rings. The molecule has 0 atom stereocenters. The van der Waals surface area contributed by atoms with Crippen molar-refractivity contribution in [3.05, 3.63) is 53.5 Å². The standard InChI is InChI=1S/C13H9FN4O3/c14-8-4-2-1-3-7(8)5-9-17-12(21-18-9)10-11(13(19)20)16-6-15-10/h1-4,6H,5H2,(H,15,16)(H,19,20). The summed E-state index contributed by atoms with van der Waals surface area (Å²) in [5.74, 6) is -1.33. The average molecular weight is 288 g/mol. The molecule has 0 aliphatic carbocycles. The van der Waals surface area contributed by atoms with Gasteiger partial charge in [0.05, 0.1) is 6.33 Å². The van der Waals surface area contributed by atoms with Crippen molar-refractivity contribution in [2.75, 3.05) is 0 Å². The lowest BCUT2D eigenvalue weighted by Crippen LogP contribution is -1.99. The summed E-state index contributed by atoms with van der Waals surface area (Å²) in [6.45, 7) is 0. The summed E-state index contributed by atoms with van der Waals surface area (Å²) in [7, 11) is 0. The highest BCUT2D eigenvalue weighted by atomic mass is 19.1. The molecule has 1 aromatic carbocycles. The summed E-state index contributed by atoms with van der Waals surface area (Å²) >= 11 is 0. The van der Waals surface area contributed by atoms with Gasteiger partial charge in [0.25, 0.3) is 5.89 Å². The number of rotatable bonds is 4. The molecule has 0 spiro atoms. The molecule has 2 heterocycles. The molecule has 0 aliphatic rings. The minimum Gasteiger partial charge on any atom is -0.476 e. The Hall–Kier alpha value is -3.03. The summed E-state index contributed by atoms with van der Waals surface area (Å²) in [5.41, 5.74) is 0.332. The third kappa shape index (κ3) is 2.50. The van der Waals surface area contributed by atoms with E-state index in [4.69, 9.17) is 9.63 Å². The maximum absolute atomic E-state index is 13.5. The second kappa shape index (κ2) is 5.16. The molecule has 7 nitrogen and oxygen atoms in total. The Morgan fingerprint density at radius 1 is 1.38 bits per heavy atom. The van der Waals surface area contributed by atoms with E-state index in [9.17, 15) is 9.18 Å². The average Bonchev–Trinajstić information content (AvgIpc) is 3.09. The number of halogens is 1. The molecule has 0 aliphatic heterocycles. The number of nitrogens with one attached hydrogen (secondary N) is 1. The van der Waals surface area contributed by atoms with Crippen LogP contribution >= 0.6 is 0 Å². The molecule has 8 heteroatoms. The van der Waals surface area contributed by atoms with Crippen LogP contribution in [0.3, 0.4) is 0 Å². The van der Waals surface area contributed by atoms with Gasteiger partial charge < -0.3 is 14.6 Å². The Morgan fingerprint density at radius 3 is 2.95 bits per heavy atom. The predicted octanol–water partition coefficient (Wildman–Crippen LogP) is 1.89. The van der Waals surface area contributed by atoms with E-state index in [0.717, 1.165) is 0 Å². The van der Waals surface area contributed by atoms with Crippen LogP contribution < -0.4 is 0 Å². The van der Waals surface area contributed by atoms with E-state index >= 15 is 0 Å². The third-order valence-electron chi connectivity index (χ3n) is 2.83. The molecule has 3 rings (SSSR count). The van der Waals surface area contributed by atoms with Gasteiger partial charge in [0.15, 0.2) is 11.5 Å². The van der Waals surface area contributed by atoms with Gasteiger partial charge in [-0.2, -0.15) is 4.98 Å². The number of nitrogens with zero attached hydrogens (tertiary/aromatic N) is 3. The second-order valence-corrected chi connectivity index (χ2v) is 4.22. The number of aromatic carboxylic acids is 1. The summed E-state index contributed by atoms with van der Waals surface area (Å²) in [5, 5.41) is 12.7. The molecule has 21 heavy (non-hydrogen) atoms. The van der Waals surface area contributed by atoms with Crippen LogP contribution in [0, 0.1) is 5.82 Å². The van der Waals surface area contributed by atoms with Crippen LogP contribution in [0.15, 0.2) is 35.1 Å². The van der Waals surface area contributed by atoms with Crippen molar-refractivity contribution < 1.29 is 18.8 Å². The smallest absolute Gasteiger partial charge is 0.356 e. The molecule has 0 saturated heterocycles. The molecule has 0 amide bonds. The molecule has 2 aromatic heterocycles. The Bertz CT molecular complexity index is 796. The normalized spacial score (nSPS) is 10.7. The molecule has 0 unspecified atom stereocenters. The van der Waals surface area contributed by atoms with Gasteiger partial charge in [-0.25, -0.2) is 14.2 Å². The van der Waals surface area contributed by atoms with E-state index in [1.165, 1.54) is 12.4 Å². The number of aromatic nitrogens is 4. The van der Waals surface area contributed by atoms with E-state index in [0.29, 0.717) is 5.56 Å². The zero-order chi connectivity index (χ0) is 14.8. The molecule has 0 bridgehead atoms. The Balaban J connectivity index is 1.89. The highest BCUT2D eigenvalue weighted by Gasteiger charge is 2.20. The number of imidazole rings is 1. The Kier molecular flexibility index (Phi) is 3.19. The molecular weight excluding hydrogens is 279 g/mol. The SMILES string of the molecule is O=C(O)c1nc[nH]c1-c1nc(Cc2ccccc2F)no1. The van der Waals surface area contributed by atoms with E-state index in [2.05, 4.69) is 20.1 Å². The molecule has 0 radical (unpaired) electrons. The first-order valence-electron chi connectivity index (χ1n) is 5.98. The van der Waals surface area contributed by atoms with Gasteiger partial charge in [0.2, 0.25) is 0 Å². The third-order valence-corrected chi connectivity index (χ3v) is 2.83. The van der Waals surface area contributed by atoms with Crippen molar-refractivity contribution in [1.82, 2.24) is 20.1 Å². The maximum atomic E-state index is 13.5. The van der Waals surface area contributed by atoms with Crippen molar-refractivity contribution in [2.45, 2.75) is 6.42 Å². The van der Waals surface area contributed by atoms with E-state index < -0.39 is 5.97 Å². The van der Waals surface area contributed by atoms with E-state index in [1.54, 1.807) is 18.2 Å². The summed E-state index contributed by atoms with van der Waals surface area (Å²) in [4.78, 5) is 21.3. The Morgan fingerprint density at radius 2 is 2.19 bits per heavy atom. The van der Waals surface area contributed by atoms with Crippen LogP contribution in [-0.4, -0.2) is 31.2 Å². The lowest BCUT2D eigenvalue weighted by molar-refractivity contribution is 0.0691. The molecule has 2 N–H and O–H groups in total.